The molecule has 4 nitrogen and oxygen atoms in total. The van der Waals surface area contributed by atoms with E-state index in [1.54, 1.807) is 7.11 Å². The van der Waals surface area contributed by atoms with Gasteiger partial charge in [-0.25, -0.2) is 4.79 Å². The highest BCUT2D eigenvalue weighted by Crippen LogP contribution is 2.46. The van der Waals surface area contributed by atoms with E-state index >= 15 is 0 Å². The molecule has 2 atom stereocenters. The molecule has 122 valence electrons. The van der Waals surface area contributed by atoms with Crippen LogP contribution in [0.15, 0.2) is 18.2 Å². The third-order valence-corrected chi connectivity index (χ3v) is 4.65. The largest absolute Gasteiger partial charge is 0.497 e. The van der Waals surface area contributed by atoms with Crippen LogP contribution in [-0.4, -0.2) is 29.8 Å². The Morgan fingerprint density at radius 1 is 1.41 bits per heavy atom. The van der Waals surface area contributed by atoms with Gasteiger partial charge in [-0.15, -0.1) is 0 Å². The van der Waals surface area contributed by atoms with Crippen LogP contribution in [0.3, 0.4) is 0 Å². The monoisotopic (exact) mass is 305 g/mol. The van der Waals surface area contributed by atoms with Crippen LogP contribution in [0.1, 0.15) is 52.5 Å². The quantitative estimate of drug-likeness (QED) is 0.916. The van der Waals surface area contributed by atoms with Crippen molar-refractivity contribution < 1.29 is 14.6 Å². The highest BCUT2D eigenvalue weighted by Gasteiger charge is 2.43. The van der Waals surface area contributed by atoms with Crippen LogP contribution < -0.4 is 9.64 Å². The number of carbonyl (C=O) groups is 1. The zero-order valence-corrected chi connectivity index (χ0v) is 14.4. The van der Waals surface area contributed by atoms with Gasteiger partial charge in [0.1, 0.15) is 11.8 Å². The minimum Gasteiger partial charge on any atom is -0.497 e. The van der Waals surface area contributed by atoms with Gasteiger partial charge in [-0.1, -0.05) is 26.8 Å². The number of hydrogen-bond acceptors (Lipinski definition) is 3. The number of rotatable bonds is 4. The molecule has 0 aromatic heterocycles. The second kappa shape index (κ2) is 5.82. The van der Waals surface area contributed by atoms with Gasteiger partial charge in [0.2, 0.25) is 0 Å². The van der Waals surface area contributed by atoms with E-state index in [2.05, 4.69) is 31.7 Å². The Bertz CT molecular complexity index is 565. The average molecular weight is 305 g/mol. The lowest BCUT2D eigenvalue weighted by molar-refractivity contribution is -0.140. The molecule has 2 rings (SSSR count). The van der Waals surface area contributed by atoms with E-state index in [-0.39, 0.29) is 11.5 Å². The molecular formula is C18H27NO3. The predicted octanol–water partition coefficient (Wildman–Crippen LogP) is 3.90. The highest BCUT2D eigenvalue weighted by molar-refractivity contribution is 5.80. The summed E-state index contributed by atoms with van der Waals surface area (Å²) >= 11 is 0. The Balaban J connectivity index is 2.64. The van der Waals surface area contributed by atoms with Crippen LogP contribution in [0, 0.1) is 5.92 Å². The van der Waals surface area contributed by atoms with Crippen LogP contribution in [0.2, 0.25) is 0 Å². The molecule has 22 heavy (non-hydrogen) atoms. The summed E-state index contributed by atoms with van der Waals surface area (Å²) in [5, 5.41) is 9.77. The molecule has 0 amide bonds. The summed E-state index contributed by atoms with van der Waals surface area (Å²) in [6.07, 6.45) is 0.933. The van der Waals surface area contributed by atoms with E-state index in [0.717, 1.165) is 17.9 Å². The lowest BCUT2D eigenvalue weighted by Gasteiger charge is -2.51. The predicted molar refractivity (Wildman–Crippen MR) is 88.8 cm³/mol. The molecule has 1 heterocycles. The fraction of sp³-hybridized carbons (Fsp3) is 0.611. The lowest BCUT2D eigenvalue weighted by atomic mass is 9.78. The van der Waals surface area contributed by atoms with Crippen molar-refractivity contribution in [2.24, 2.45) is 5.92 Å². The normalized spacial score (nSPS) is 21.4. The summed E-state index contributed by atoms with van der Waals surface area (Å²) in [7, 11) is 1.64. The lowest BCUT2D eigenvalue weighted by Crippen LogP contribution is -2.58. The van der Waals surface area contributed by atoms with E-state index in [0.29, 0.717) is 5.92 Å². The van der Waals surface area contributed by atoms with Crippen molar-refractivity contribution in [1.82, 2.24) is 0 Å². The number of hydrogen-bond donors (Lipinski definition) is 1. The molecular weight excluding hydrogens is 278 g/mol. The Morgan fingerprint density at radius 2 is 2.05 bits per heavy atom. The van der Waals surface area contributed by atoms with Gasteiger partial charge in [-0.05, 0) is 43.7 Å². The Labute approximate surface area is 133 Å². The first-order valence-electron chi connectivity index (χ1n) is 7.89. The zero-order chi connectivity index (χ0) is 16.7. The van der Waals surface area contributed by atoms with Gasteiger partial charge in [-0.2, -0.15) is 0 Å². The van der Waals surface area contributed by atoms with Crippen molar-refractivity contribution in [1.29, 1.82) is 0 Å². The van der Waals surface area contributed by atoms with Crippen LogP contribution in [-0.2, 0) is 4.79 Å². The van der Waals surface area contributed by atoms with E-state index in [9.17, 15) is 9.90 Å². The Morgan fingerprint density at radius 3 is 2.55 bits per heavy atom. The van der Waals surface area contributed by atoms with Gasteiger partial charge in [0.05, 0.1) is 7.11 Å². The topological polar surface area (TPSA) is 49.8 Å². The molecule has 0 bridgehead atoms. The second-order valence-electron chi connectivity index (χ2n) is 7.24. The summed E-state index contributed by atoms with van der Waals surface area (Å²) in [5.41, 5.74) is 1.97. The molecule has 0 saturated heterocycles. The molecule has 0 spiro atoms. The average Bonchev–Trinajstić information content (AvgIpc) is 2.41. The van der Waals surface area contributed by atoms with Gasteiger partial charge in [0.15, 0.2) is 0 Å². The van der Waals surface area contributed by atoms with Crippen molar-refractivity contribution in [3.05, 3.63) is 23.8 Å². The Hall–Kier alpha value is -1.71. The fourth-order valence-corrected chi connectivity index (χ4v) is 3.78. The van der Waals surface area contributed by atoms with Gasteiger partial charge >= 0.3 is 5.97 Å². The first-order valence-corrected chi connectivity index (χ1v) is 7.89. The van der Waals surface area contributed by atoms with E-state index < -0.39 is 12.0 Å². The van der Waals surface area contributed by atoms with Crippen molar-refractivity contribution in [3.8, 4) is 5.75 Å². The van der Waals surface area contributed by atoms with E-state index in [1.165, 1.54) is 5.56 Å². The minimum atomic E-state index is -0.772. The number of methoxy groups -OCH3 is 1. The third-order valence-electron chi connectivity index (χ3n) is 4.65. The molecule has 1 aliphatic rings. The number of carboxylic acids is 1. The maximum absolute atomic E-state index is 11.9. The summed E-state index contributed by atoms with van der Waals surface area (Å²) in [4.78, 5) is 14.0. The summed E-state index contributed by atoms with van der Waals surface area (Å²) in [5.74, 6) is 0.408. The second-order valence-corrected chi connectivity index (χ2v) is 7.24. The van der Waals surface area contributed by atoms with E-state index in [4.69, 9.17) is 4.74 Å². The molecule has 1 N–H and O–H groups in total. The number of carboxylic acid groups (broad SMARTS) is 1. The molecule has 0 unspecified atom stereocenters. The molecule has 0 fully saturated rings. The summed E-state index contributed by atoms with van der Waals surface area (Å²) in [6, 6.07) is 5.45. The number of fused-ring (bicyclic) bond motifs is 1. The molecule has 1 aliphatic heterocycles. The molecule has 0 aliphatic carbocycles. The molecule has 1 aromatic carbocycles. The maximum Gasteiger partial charge on any atom is 0.326 e. The first-order chi connectivity index (χ1) is 10.2. The van der Waals surface area contributed by atoms with Crippen molar-refractivity contribution in [3.63, 3.8) is 0 Å². The number of aliphatic carboxylic acids is 1. The molecule has 4 heteroatoms. The fourth-order valence-electron chi connectivity index (χ4n) is 3.78. The highest BCUT2D eigenvalue weighted by atomic mass is 16.5. The number of ether oxygens (including phenoxy) is 1. The summed E-state index contributed by atoms with van der Waals surface area (Å²) < 4.78 is 5.36. The number of benzene rings is 1. The van der Waals surface area contributed by atoms with Crippen LogP contribution in [0.4, 0.5) is 5.69 Å². The van der Waals surface area contributed by atoms with Crippen LogP contribution >= 0.6 is 0 Å². The van der Waals surface area contributed by atoms with Gasteiger partial charge < -0.3 is 14.7 Å². The van der Waals surface area contributed by atoms with Crippen molar-refractivity contribution in [2.45, 2.75) is 58.5 Å². The van der Waals surface area contributed by atoms with E-state index in [1.807, 2.05) is 26.0 Å². The molecule has 0 radical (unpaired) electrons. The molecule has 1 aromatic rings. The smallest absolute Gasteiger partial charge is 0.326 e. The minimum absolute atomic E-state index is 0.0178. The SMILES string of the molecule is COc1ccc2c(c1)N([C@H](C(=O)O)C(C)C)C(C)(C)C[C@H]2C. The number of nitrogens with zero attached hydrogens (tertiary/aromatic N) is 1. The summed E-state index contributed by atoms with van der Waals surface area (Å²) in [6.45, 7) is 10.4. The van der Waals surface area contributed by atoms with Crippen molar-refractivity contribution in [2.75, 3.05) is 12.0 Å². The van der Waals surface area contributed by atoms with Crippen LogP contribution in [0.25, 0.3) is 0 Å². The van der Waals surface area contributed by atoms with Gasteiger partial charge in [0, 0.05) is 17.3 Å². The Kier molecular flexibility index (Phi) is 4.41. The first kappa shape index (κ1) is 16.7. The number of anilines is 1. The van der Waals surface area contributed by atoms with Gasteiger partial charge in [0.25, 0.3) is 0 Å². The third kappa shape index (κ3) is 2.79. The molecule has 0 saturated carbocycles. The van der Waals surface area contributed by atoms with Gasteiger partial charge in [-0.3, -0.25) is 0 Å². The zero-order valence-electron chi connectivity index (χ0n) is 14.4. The standard InChI is InChI=1S/C18H27NO3/c1-11(2)16(17(20)21)19-15-9-13(22-6)7-8-14(15)12(3)10-18(19,4)5/h7-9,11-12,16H,10H2,1-6H3,(H,20,21)/t12-,16+/m1/s1. The maximum atomic E-state index is 11.9. The van der Waals surface area contributed by atoms with Crippen LogP contribution in [0.5, 0.6) is 5.75 Å². The van der Waals surface area contributed by atoms with Crippen molar-refractivity contribution >= 4 is 11.7 Å².